The van der Waals surface area contributed by atoms with Crippen LogP contribution in [-0.4, -0.2) is 29.0 Å². The van der Waals surface area contributed by atoms with Crippen molar-refractivity contribution < 1.29 is 8.95 Å². The minimum absolute atomic E-state index is 0.597. The van der Waals surface area contributed by atoms with E-state index in [9.17, 15) is 0 Å². The van der Waals surface area contributed by atoms with Gasteiger partial charge in [-0.1, -0.05) is 0 Å². The van der Waals surface area contributed by atoms with Crippen molar-refractivity contribution in [3.8, 4) is 0 Å². The van der Waals surface area contributed by atoms with E-state index in [0.29, 0.717) is 6.61 Å². The normalized spacial score (nSPS) is 14.4. The lowest BCUT2D eigenvalue weighted by Crippen LogP contribution is -2.29. The fourth-order valence-electron chi connectivity index (χ4n) is 0.562. The smallest absolute Gasteiger partial charge is 0.278 e. The first-order valence-electron chi connectivity index (χ1n) is 4.96. The van der Waals surface area contributed by atoms with Gasteiger partial charge in [0.15, 0.2) is 8.32 Å². The van der Waals surface area contributed by atoms with Crippen molar-refractivity contribution in [1.29, 1.82) is 0 Å². The molecule has 0 aromatic rings. The van der Waals surface area contributed by atoms with Crippen LogP contribution in [0.1, 0.15) is 6.92 Å². The zero-order chi connectivity index (χ0) is 11.4. The fraction of sp³-hybridized carbons (Fsp3) is 0.889. The Morgan fingerprint density at radius 1 is 1.00 bits per heavy atom. The number of hydrogen-bond acceptors (Lipinski definition) is 3. The van der Waals surface area contributed by atoms with Gasteiger partial charge >= 0.3 is 0 Å². The summed E-state index contributed by atoms with van der Waals surface area (Å²) in [5, 5.41) is 4.07. The molecule has 0 spiro atoms. The van der Waals surface area contributed by atoms with Gasteiger partial charge in [-0.25, -0.2) is 0 Å². The molecular weight excluding hydrogens is 210 g/mol. The summed E-state index contributed by atoms with van der Waals surface area (Å²) in [7, 11) is -2.95. The van der Waals surface area contributed by atoms with E-state index in [-0.39, 0.29) is 0 Å². The molecular formula is C9H23NO2Si2. The van der Waals surface area contributed by atoms with Gasteiger partial charge in [0.25, 0.3) is 8.32 Å². The van der Waals surface area contributed by atoms with Crippen molar-refractivity contribution in [3.05, 3.63) is 0 Å². The SMILES string of the molecule is C/C(CO[Si](C)(C)C)=N/O[Si](C)(C)C. The van der Waals surface area contributed by atoms with Crippen LogP contribution < -0.4 is 0 Å². The maximum atomic E-state index is 5.70. The second-order valence-electron chi connectivity index (χ2n) is 5.43. The van der Waals surface area contributed by atoms with Crippen LogP contribution in [0.5, 0.6) is 0 Å². The van der Waals surface area contributed by atoms with E-state index in [1.54, 1.807) is 0 Å². The first-order valence-corrected chi connectivity index (χ1v) is 11.8. The lowest BCUT2D eigenvalue weighted by molar-refractivity contribution is 0.319. The molecule has 5 heteroatoms. The highest BCUT2D eigenvalue weighted by Crippen LogP contribution is 2.05. The fourth-order valence-corrected chi connectivity index (χ4v) is 1.63. The van der Waals surface area contributed by atoms with E-state index >= 15 is 0 Å². The molecule has 0 aromatic heterocycles. The van der Waals surface area contributed by atoms with E-state index in [2.05, 4.69) is 44.4 Å². The molecule has 0 atom stereocenters. The van der Waals surface area contributed by atoms with E-state index < -0.39 is 16.6 Å². The summed E-state index contributed by atoms with van der Waals surface area (Å²) in [6.07, 6.45) is 0. The highest BCUT2D eigenvalue weighted by Gasteiger charge is 2.17. The van der Waals surface area contributed by atoms with Crippen molar-refractivity contribution in [2.24, 2.45) is 5.16 Å². The zero-order valence-electron chi connectivity index (χ0n) is 10.5. The number of rotatable bonds is 5. The molecule has 0 saturated heterocycles. The van der Waals surface area contributed by atoms with Crippen LogP contribution in [0.4, 0.5) is 0 Å². The first kappa shape index (κ1) is 13.9. The summed E-state index contributed by atoms with van der Waals surface area (Å²) >= 11 is 0. The summed E-state index contributed by atoms with van der Waals surface area (Å²) in [5.74, 6) is 0. The molecule has 0 heterocycles. The minimum Gasteiger partial charge on any atom is -0.456 e. The van der Waals surface area contributed by atoms with Crippen LogP contribution in [0.15, 0.2) is 5.16 Å². The highest BCUT2D eigenvalue weighted by atomic mass is 28.4. The molecule has 0 bridgehead atoms. The summed E-state index contributed by atoms with van der Waals surface area (Å²) in [6.45, 7) is 15.4. The predicted molar refractivity (Wildman–Crippen MR) is 66.8 cm³/mol. The summed E-state index contributed by atoms with van der Waals surface area (Å²) < 4.78 is 11.1. The second kappa shape index (κ2) is 5.09. The average molecular weight is 233 g/mol. The van der Waals surface area contributed by atoms with Crippen molar-refractivity contribution in [2.75, 3.05) is 6.61 Å². The molecule has 3 nitrogen and oxygen atoms in total. The third-order valence-corrected chi connectivity index (χ3v) is 2.84. The van der Waals surface area contributed by atoms with E-state index in [4.69, 9.17) is 8.95 Å². The van der Waals surface area contributed by atoms with Crippen LogP contribution in [0.2, 0.25) is 39.3 Å². The number of oxime groups is 1. The summed E-state index contributed by atoms with van der Waals surface area (Å²) in [6, 6.07) is 0. The van der Waals surface area contributed by atoms with Crippen LogP contribution in [-0.2, 0) is 8.95 Å². The average Bonchev–Trinajstić information content (AvgIpc) is 1.94. The van der Waals surface area contributed by atoms with Crippen LogP contribution in [0, 0.1) is 0 Å². The Kier molecular flexibility index (Phi) is 5.04. The highest BCUT2D eigenvalue weighted by molar-refractivity contribution is 6.70. The Morgan fingerprint density at radius 2 is 1.50 bits per heavy atom. The number of hydrogen-bond donors (Lipinski definition) is 0. The Morgan fingerprint density at radius 3 is 1.86 bits per heavy atom. The molecule has 84 valence electrons. The van der Waals surface area contributed by atoms with Crippen molar-refractivity contribution in [2.45, 2.75) is 46.2 Å². The minimum atomic E-state index is -1.53. The lowest BCUT2D eigenvalue weighted by Gasteiger charge is -2.18. The van der Waals surface area contributed by atoms with Gasteiger partial charge in [-0.3, -0.25) is 0 Å². The van der Waals surface area contributed by atoms with Gasteiger partial charge in [-0.2, -0.15) is 0 Å². The van der Waals surface area contributed by atoms with Crippen LogP contribution in [0.25, 0.3) is 0 Å². The maximum absolute atomic E-state index is 5.70. The van der Waals surface area contributed by atoms with Crippen molar-refractivity contribution >= 4 is 22.3 Å². The molecule has 0 aliphatic heterocycles. The molecule has 0 fully saturated rings. The second-order valence-corrected chi connectivity index (χ2v) is 14.4. The van der Waals surface area contributed by atoms with Crippen LogP contribution in [0.3, 0.4) is 0 Å². The van der Waals surface area contributed by atoms with E-state index in [1.165, 1.54) is 0 Å². The molecule has 0 radical (unpaired) electrons. The third-order valence-electron chi connectivity index (χ3n) is 1.19. The quantitative estimate of drug-likeness (QED) is 0.415. The van der Waals surface area contributed by atoms with Gasteiger partial charge in [0.1, 0.15) is 0 Å². The summed E-state index contributed by atoms with van der Waals surface area (Å²) in [5.41, 5.74) is 0.926. The van der Waals surface area contributed by atoms with Gasteiger partial charge in [-0.05, 0) is 46.2 Å². The largest absolute Gasteiger partial charge is 0.456 e. The third kappa shape index (κ3) is 9.95. The monoisotopic (exact) mass is 233 g/mol. The van der Waals surface area contributed by atoms with E-state index in [0.717, 1.165) is 5.71 Å². The van der Waals surface area contributed by atoms with Crippen LogP contribution >= 0.6 is 0 Å². The van der Waals surface area contributed by atoms with Gasteiger partial charge in [0, 0.05) is 0 Å². The standard InChI is InChI=1S/C9H23NO2Si2/c1-9(8-11-13(2,3)4)10-12-14(5,6)7/h8H2,1-7H3/b10-9-. The van der Waals surface area contributed by atoms with Gasteiger partial charge in [0.05, 0.1) is 12.3 Å². The molecule has 0 saturated carbocycles. The molecule has 14 heavy (non-hydrogen) atoms. The Balaban J connectivity index is 3.91. The molecule has 0 rings (SSSR count). The zero-order valence-corrected chi connectivity index (χ0v) is 12.5. The molecule has 0 aliphatic carbocycles. The predicted octanol–water partition coefficient (Wildman–Crippen LogP) is 3.07. The summed E-state index contributed by atoms with van der Waals surface area (Å²) in [4.78, 5) is 0. The molecule has 0 aliphatic rings. The molecule has 0 unspecified atom stereocenters. The molecule has 0 amide bonds. The Labute approximate surface area is 89.7 Å². The van der Waals surface area contributed by atoms with Crippen molar-refractivity contribution in [1.82, 2.24) is 0 Å². The van der Waals surface area contributed by atoms with E-state index in [1.807, 2.05) is 6.92 Å². The Bertz CT molecular complexity index is 204. The van der Waals surface area contributed by atoms with Gasteiger partial charge in [0.2, 0.25) is 0 Å². The maximum Gasteiger partial charge on any atom is 0.278 e. The molecule has 0 N–H and O–H groups in total. The van der Waals surface area contributed by atoms with Crippen molar-refractivity contribution in [3.63, 3.8) is 0 Å². The number of nitrogens with zero attached hydrogens (tertiary/aromatic N) is 1. The van der Waals surface area contributed by atoms with Gasteiger partial charge < -0.3 is 8.95 Å². The lowest BCUT2D eigenvalue weighted by atomic mass is 10.5. The first-order chi connectivity index (χ1) is 6.10. The molecule has 0 aromatic carbocycles. The Hall–Kier alpha value is -0.136. The van der Waals surface area contributed by atoms with Gasteiger partial charge in [-0.15, -0.1) is 5.16 Å². The topological polar surface area (TPSA) is 30.8 Å².